The number of benzene rings is 1. The Balaban J connectivity index is 1.97. The van der Waals surface area contributed by atoms with Crippen LogP contribution in [0.3, 0.4) is 0 Å². The first kappa shape index (κ1) is 14.8. The van der Waals surface area contributed by atoms with E-state index in [2.05, 4.69) is 42.2 Å². The molecule has 1 aliphatic heterocycles. The molecule has 1 aliphatic carbocycles. The maximum absolute atomic E-state index is 9.00. The van der Waals surface area contributed by atoms with Gasteiger partial charge in [0.05, 0.1) is 11.3 Å². The molecule has 1 aromatic carbocycles. The number of hydrogen-bond donors (Lipinski definition) is 1. The van der Waals surface area contributed by atoms with Crippen LogP contribution in [-0.4, -0.2) is 29.2 Å². The molecule has 0 spiro atoms. The largest absolute Gasteiger partial charge is 0.303 e. The van der Waals surface area contributed by atoms with E-state index in [1.54, 1.807) is 0 Å². The van der Waals surface area contributed by atoms with Crippen LogP contribution < -0.4 is 0 Å². The molecule has 2 atom stereocenters. The van der Waals surface area contributed by atoms with Crippen molar-refractivity contribution in [3.05, 3.63) is 35.9 Å². The predicted molar refractivity (Wildman–Crippen MR) is 89.1 cm³/mol. The minimum absolute atomic E-state index is 0.0139. The molecule has 1 aromatic rings. The van der Waals surface area contributed by atoms with Crippen molar-refractivity contribution in [1.29, 1.82) is 5.41 Å². The summed E-state index contributed by atoms with van der Waals surface area (Å²) < 4.78 is 0. The van der Waals surface area contributed by atoms with Gasteiger partial charge in [-0.25, -0.2) is 0 Å². The van der Waals surface area contributed by atoms with Gasteiger partial charge in [-0.15, -0.1) is 0 Å². The summed E-state index contributed by atoms with van der Waals surface area (Å²) in [4.78, 5) is 2.66. The second-order valence-electron chi connectivity index (χ2n) is 6.86. The third-order valence-corrected chi connectivity index (χ3v) is 5.68. The number of hydrogen-bond acceptors (Lipinski definition) is 2. The second-order valence-corrected chi connectivity index (χ2v) is 6.86. The summed E-state index contributed by atoms with van der Waals surface area (Å²) >= 11 is 0. The van der Waals surface area contributed by atoms with Crippen LogP contribution in [0.1, 0.15) is 57.4 Å². The monoisotopic (exact) mass is 284 g/mol. The van der Waals surface area contributed by atoms with E-state index in [9.17, 15) is 0 Å². The summed E-state index contributed by atoms with van der Waals surface area (Å²) in [6, 6.07) is 10.4. The molecule has 0 aromatic heterocycles. The number of likely N-dealkylation sites (tertiary alicyclic amines) is 1. The zero-order valence-electron chi connectivity index (χ0n) is 13.3. The van der Waals surface area contributed by atoms with Gasteiger partial charge in [-0.3, -0.25) is 4.90 Å². The van der Waals surface area contributed by atoms with E-state index >= 15 is 0 Å². The average molecular weight is 284 g/mol. The molecule has 2 heteroatoms. The lowest BCUT2D eigenvalue weighted by molar-refractivity contribution is 0.0467. The van der Waals surface area contributed by atoms with Gasteiger partial charge in [0.25, 0.3) is 0 Å². The van der Waals surface area contributed by atoms with E-state index in [-0.39, 0.29) is 5.54 Å². The van der Waals surface area contributed by atoms with Crippen LogP contribution in [0, 0.1) is 11.3 Å². The quantitative estimate of drug-likeness (QED) is 0.814. The maximum Gasteiger partial charge on any atom is 0.0658 e. The van der Waals surface area contributed by atoms with Gasteiger partial charge in [0.1, 0.15) is 0 Å². The zero-order chi connectivity index (χ0) is 14.7. The van der Waals surface area contributed by atoms with Crippen molar-refractivity contribution in [2.75, 3.05) is 13.1 Å². The van der Waals surface area contributed by atoms with Crippen molar-refractivity contribution in [2.45, 2.75) is 57.4 Å². The minimum Gasteiger partial charge on any atom is -0.303 e. The van der Waals surface area contributed by atoms with E-state index < -0.39 is 0 Å². The number of nitrogens with one attached hydrogen (secondary N) is 1. The van der Waals surface area contributed by atoms with Gasteiger partial charge in [0, 0.05) is 0 Å². The number of nitrogens with zero attached hydrogens (tertiary/aromatic N) is 1. The van der Waals surface area contributed by atoms with Crippen LogP contribution in [0.4, 0.5) is 0 Å². The Kier molecular flexibility index (Phi) is 4.44. The lowest BCUT2D eigenvalue weighted by atomic mass is 9.67. The van der Waals surface area contributed by atoms with E-state index in [0.717, 1.165) is 11.3 Å². The Hall–Kier alpha value is -1.15. The maximum atomic E-state index is 9.00. The van der Waals surface area contributed by atoms with Crippen LogP contribution in [0.5, 0.6) is 0 Å². The molecule has 2 fully saturated rings. The fourth-order valence-corrected chi connectivity index (χ4v) is 4.48. The van der Waals surface area contributed by atoms with Crippen LogP contribution in [-0.2, 0) is 0 Å². The number of rotatable bonds is 3. The Morgan fingerprint density at radius 3 is 2.43 bits per heavy atom. The standard InChI is InChI=1S/C19H28N2/c1-16-10-6-7-13-19(16,21-14-8-3-9-15-21)18(20)17-11-4-2-5-12-17/h2,4-5,11-12,16,20H,3,6-10,13-15H2,1H3/t16-,19-/m0/s1. The molecule has 1 saturated carbocycles. The predicted octanol–water partition coefficient (Wildman–Crippen LogP) is 4.49. The van der Waals surface area contributed by atoms with Gasteiger partial charge in [0.15, 0.2) is 0 Å². The van der Waals surface area contributed by atoms with E-state index in [4.69, 9.17) is 5.41 Å². The Morgan fingerprint density at radius 2 is 1.76 bits per heavy atom. The molecule has 3 rings (SSSR count). The molecular weight excluding hydrogens is 256 g/mol. The van der Waals surface area contributed by atoms with Crippen LogP contribution in [0.25, 0.3) is 0 Å². The first-order valence-electron chi connectivity index (χ1n) is 8.64. The van der Waals surface area contributed by atoms with Gasteiger partial charge in [0.2, 0.25) is 0 Å². The Bertz CT molecular complexity index is 476. The van der Waals surface area contributed by atoms with Crippen molar-refractivity contribution in [3.8, 4) is 0 Å². The van der Waals surface area contributed by atoms with Crippen LogP contribution in [0.2, 0.25) is 0 Å². The minimum atomic E-state index is -0.0139. The number of piperidine rings is 1. The summed E-state index contributed by atoms with van der Waals surface area (Å²) in [5.74, 6) is 0.594. The van der Waals surface area contributed by atoms with Crippen LogP contribution >= 0.6 is 0 Å². The van der Waals surface area contributed by atoms with Gasteiger partial charge in [-0.1, -0.05) is 56.5 Å². The van der Waals surface area contributed by atoms with E-state index in [1.807, 2.05) is 0 Å². The second kappa shape index (κ2) is 6.31. The summed E-state index contributed by atoms with van der Waals surface area (Å²) in [5.41, 5.74) is 1.98. The van der Waals surface area contributed by atoms with Crippen molar-refractivity contribution < 1.29 is 0 Å². The molecule has 0 amide bonds. The normalized spacial score (nSPS) is 31.0. The summed E-state index contributed by atoms with van der Waals surface area (Å²) in [6.45, 7) is 4.74. The first-order valence-corrected chi connectivity index (χ1v) is 8.64. The summed E-state index contributed by atoms with van der Waals surface area (Å²) in [7, 11) is 0. The molecule has 2 aliphatic rings. The SMILES string of the molecule is C[C@H]1CCCC[C@]1(C(=N)c1ccccc1)N1CCCCC1. The highest BCUT2D eigenvalue weighted by molar-refractivity contribution is 6.05. The Morgan fingerprint density at radius 1 is 1.05 bits per heavy atom. The molecule has 0 radical (unpaired) electrons. The topological polar surface area (TPSA) is 27.1 Å². The lowest BCUT2D eigenvalue weighted by Gasteiger charge is -2.52. The van der Waals surface area contributed by atoms with Crippen molar-refractivity contribution >= 4 is 5.71 Å². The fraction of sp³-hybridized carbons (Fsp3) is 0.632. The molecule has 1 saturated heterocycles. The smallest absolute Gasteiger partial charge is 0.0658 e. The van der Waals surface area contributed by atoms with Crippen molar-refractivity contribution in [3.63, 3.8) is 0 Å². The summed E-state index contributed by atoms with van der Waals surface area (Å²) in [6.07, 6.45) is 9.01. The third-order valence-electron chi connectivity index (χ3n) is 5.68. The van der Waals surface area contributed by atoms with Gasteiger partial charge >= 0.3 is 0 Å². The first-order chi connectivity index (χ1) is 10.2. The fourth-order valence-electron chi connectivity index (χ4n) is 4.48. The lowest BCUT2D eigenvalue weighted by Crippen LogP contribution is -2.61. The van der Waals surface area contributed by atoms with Crippen molar-refractivity contribution in [1.82, 2.24) is 4.90 Å². The summed E-state index contributed by atoms with van der Waals surface area (Å²) in [5, 5.41) is 9.00. The average Bonchev–Trinajstić information content (AvgIpc) is 2.56. The third kappa shape index (κ3) is 2.66. The molecule has 1 N–H and O–H groups in total. The van der Waals surface area contributed by atoms with Gasteiger partial charge in [-0.05, 0) is 50.3 Å². The molecule has 1 heterocycles. The molecule has 0 bridgehead atoms. The van der Waals surface area contributed by atoms with Crippen molar-refractivity contribution in [2.24, 2.45) is 5.92 Å². The van der Waals surface area contributed by atoms with Gasteiger partial charge < -0.3 is 5.41 Å². The highest BCUT2D eigenvalue weighted by Crippen LogP contribution is 2.42. The highest BCUT2D eigenvalue weighted by atomic mass is 15.2. The molecule has 21 heavy (non-hydrogen) atoms. The molecular formula is C19H28N2. The van der Waals surface area contributed by atoms with Crippen LogP contribution in [0.15, 0.2) is 30.3 Å². The zero-order valence-corrected chi connectivity index (χ0v) is 13.3. The van der Waals surface area contributed by atoms with E-state index in [1.165, 1.54) is 58.0 Å². The highest BCUT2D eigenvalue weighted by Gasteiger charge is 2.47. The molecule has 2 nitrogen and oxygen atoms in total. The molecule has 0 unspecified atom stereocenters. The van der Waals surface area contributed by atoms with Gasteiger partial charge in [-0.2, -0.15) is 0 Å². The van der Waals surface area contributed by atoms with E-state index in [0.29, 0.717) is 5.92 Å². The molecule has 114 valence electrons. The Labute approximate surface area is 129 Å².